The van der Waals surface area contributed by atoms with Crippen LogP contribution in [0.25, 0.3) is 26.7 Å². The Balaban J connectivity index is 1.82. The average molecular weight is 481 g/mol. The van der Waals surface area contributed by atoms with Crippen molar-refractivity contribution in [2.75, 3.05) is 0 Å². The molecule has 0 amide bonds. The van der Waals surface area contributed by atoms with Crippen molar-refractivity contribution in [3.8, 4) is 26.7 Å². The van der Waals surface area contributed by atoms with Crippen molar-refractivity contribution in [3.63, 3.8) is 0 Å². The summed E-state index contributed by atoms with van der Waals surface area (Å²) in [6.07, 6.45) is -4.95. The molecular weight excluding hydrogens is 468 g/mol. The zero-order valence-electron chi connectivity index (χ0n) is 16.0. The van der Waals surface area contributed by atoms with E-state index in [-0.39, 0.29) is 28.4 Å². The highest BCUT2D eigenvalue weighted by Gasteiger charge is 2.35. The number of thiophene rings is 1. The van der Waals surface area contributed by atoms with Crippen LogP contribution in [0, 0.1) is 5.82 Å². The van der Waals surface area contributed by atoms with E-state index in [0.717, 1.165) is 22.1 Å². The lowest BCUT2D eigenvalue weighted by Gasteiger charge is -2.08. The first-order valence-electron chi connectivity index (χ1n) is 9.16. The van der Waals surface area contributed by atoms with Gasteiger partial charge in [-0.05, 0) is 48.0 Å². The van der Waals surface area contributed by atoms with Crippen LogP contribution in [-0.2, 0) is 17.4 Å². The van der Waals surface area contributed by atoms with Crippen molar-refractivity contribution in [2.24, 2.45) is 0 Å². The molecule has 2 aromatic heterocycles. The van der Waals surface area contributed by atoms with E-state index in [1.54, 1.807) is 36.4 Å². The summed E-state index contributed by atoms with van der Waals surface area (Å²) < 4.78 is 55.7. The number of halogens is 5. The second-order valence-corrected chi connectivity index (χ2v) is 8.32. The van der Waals surface area contributed by atoms with Crippen LogP contribution in [0.15, 0.2) is 60.7 Å². The fourth-order valence-electron chi connectivity index (χ4n) is 3.17. The number of hydrogen-bond donors (Lipinski definition) is 1. The fourth-order valence-corrected chi connectivity index (χ4v) is 4.41. The van der Waals surface area contributed by atoms with Gasteiger partial charge < -0.3 is 5.11 Å². The molecule has 10 heteroatoms. The van der Waals surface area contributed by atoms with Crippen LogP contribution in [0.2, 0.25) is 5.02 Å². The summed E-state index contributed by atoms with van der Waals surface area (Å²) in [4.78, 5) is 11.8. The SMILES string of the molecule is O=C(O)Cc1ccc(F)c(-c2ccc(-c3cc(C(F)(F)F)nn3-c3ccccc3Cl)s2)c1. The summed E-state index contributed by atoms with van der Waals surface area (Å²) in [5, 5.41) is 12.9. The second-order valence-electron chi connectivity index (χ2n) is 6.82. The quantitative estimate of drug-likeness (QED) is 0.323. The molecule has 164 valence electrons. The van der Waals surface area contributed by atoms with E-state index in [9.17, 15) is 22.4 Å². The minimum atomic E-state index is -4.67. The van der Waals surface area contributed by atoms with Crippen molar-refractivity contribution in [3.05, 3.63) is 82.8 Å². The van der Waals surface area contributed by atoms with Gasteiger partial charge in [0, 0.05) is 10.4 Å². The minimum absolute atomic E-state index is 0.142. The van der Waals surface area contributed by atoms with Gasteiger partial charge in [-0.1, -0.05) is 29.8 Å². The van der Waals surface area contributed by atoms with E-state index in [0.29, 0.717) is 15.3 Å². The summed E-state index contributed by atoms with van der Waals surface area (Å²) in [5.41, 5.74) is -0.103. The molecule has 0 aliphatic heterocycles. The minimum Gasteiger partial charge on any atom is -0.481 e. The number of alkyl halides is 3. The van der Waals surface area contributed by atoms with Gasteiger partial charge in [0.05, 0.1) is 27.7 Å². The van der Waals surface area contributed by atoms with Crippen LogP contribution >= 0.6 is 22.9 Å². The third-order valence-electron chi connectivity index (χ3n) is 4.59. The Morgan fingerprint density at radius 2 is 1.78 bits per heavy atom. The molecule has 2 heterocycles. The number of carboxylic acids is 1. The van der Waals surface area contributed by atoms with Gasteiger partial charge >= 0.3 is 12.1 Å². The summed E-state index contributed by atoms with van der Waals surface area (Å²) in [5.74, 6) is -1.62. The molecule has 0 saturated heterocycles. The van der Waals surface area contributed by atoms with E-state index in [1.165, 1.54) is 18.2 Å². The average Bonchev–Trinajstić information content (AvgIpc) is 3.36. The summed E-state index contributed by atoms with van der Waals surface area (Å²) in [6.45, 7) is 0. The molecule has 0 aliphatic carbocycles. The maximum Gasteiger partial charge on any atom is 0.435 e. The maximum atomic E-state index is 14.4. The largest absolute Gasteiger partial charge is 0.481 e. The molecule has 0 saturated carbocycles. The van der Waals surface area contributed by atoms with Crippen LogP contribution < -0.4 is 0 Å². The molecule has 2 aromatic carbocycles. The number of benzene rings is 2. The van der Waals surface area contributed by atoms with Crippen LogP contribution in [-0.4, -0.2) is 20.9 Å². The molecule has 4 nitrogen and oxygen atoms in total. The molecular formula is C22H13ClF4N2O2S. The third kappa shape index (κ3) is 4.39. The zero-order chi connectivity index (χ0) is 23.0. The number of aliphatic carboxylic acids is 1. The van der Waals surface area contributed by atoms with Gasteiger partial charge in [0.1, 0.15) is 5.82 Å². The Bertz CT molecular complexity index is 1310. The highest BCUT2D eigenvalue weighted by atomic mass is 35.5. The van der Waals surface area contributed by atoms with Gasteiger partial charge in [-0.2, -0.15) is 18.3 Å². The number of carbonyl (C=O) groups is 1. The van der Waals surface area contributed by atoms with E-state index in [4.69, 9.17) is 16.7 Å². The third-order valence-corrected chi connectivity index (χ3v) is 6.05. The van der Waals surface area contributed by atoms with Crippen LogP contribution in [0.1, 0.15) is 11.3 Å². The van der Waals surface area contributed by atoms with Crippen molar-refractivity contribution in [1.82, 2.24) is 9.78 Å². The Morgan fingerprint density at radius 1 is 1.06 bits per heavy atom. The molecule has 0 spiro atoms. The predicted octanol–water partition coefficient (Wildman–Crippen LogP) is 6.71. The lowest BCUT2D eigenvalue weighted by Crippen LogP contribution is -2.07. The molecule has 4 aromatic rings. The van der Waals surface area contributed by atoms with Gasteiger partial charge in [-0.15, -0.1) is 11.3 Å². The topological polar surface area (TPSA) is 55.1 Å². The maximum absolute atomic E-state index is 14.4. The molecule has 0 atom stereocenters. The first-order chi connectivity index (χ1) is 15.1. The van der Waals surface area contributed by atoms with Gasteiger partial charge in [-0.3, -0.25) is 4.79 Å². The summed E-state index contributed by atoms with van der Waals surface area (Å²) in [7, 11) is 0. The molecule has 4 rings (SSSR count). The van der Waals surface area contributed by atoms with Crippen molar-refractivity contribution >= 4 is 28.9 Å². The van der Waals surface area contributed by atoms with Crippen molar-refractivity contribution in [1.29, 1.82) is 0 Å². The van der Waals surface area contributed by atoms with Crippen molar-refractivity contribution < 1.29 is 27.5 Å². The van der Waals surface area contributed by atoms with Gasteiger partial charge in [0.25, 0.3) is 0 Å². The number of nitrogens with zero attached hydrogens (tertiary/aromatic N) is 2. The molecule has 0 unspecified atom stereocenters. The summed E-state index contributed by atoms with van der Waals surface area (Å²) >= 11 is 7.25. The molecule has 0 aliphatic rings. The number of hydrogen-bond acceptors (Lipinski definition) is 3. The first-order valence-corrected chi connectivity index (χ1v) is 10.4. The molecule has 0 fully saturated rings. The van der Waals surface area contributed by atoms with Gasteiger partial charge in [-0.25, -0.2) is 9.07 Å². The lowest BCUT2D eigenvalue weighted by atomic mass is 10.1. The number of aromatic nitrogens is 2. The Morgan fingerprint density at radius 3 is 2.47 bits per heavy atom. The van der Waals surface area contributed by atoms with E-state index in [1.807, 2.05) is 0 Å². The van der Waals surface area contributed by atoms with Crippen LogP contribution in [0.5, 0.6) is 0 Å². The Labute approximate surface area is 188 Å². The van der Waals surface area contributed by atoms with E-state index >= 15 is 0 Å². The van der Waals surface area contributed by atoms with Crippen LogP contribution in [0.3, 0.4) is 0 Å². The van der Waals surface area contributed by atoms with E-state index in [2.05, 4.69) is 5.10 Å². The highest BCUT2D eigenvalue weighted by Crippen LogP contribution is 2.40. The lowest BCUT2D eigenvalue weighted by molar-refractivity contribution is -0.141. The fraction of sp³-hybridized carbons (Fsp3) is 0.0909. The monoisotopic (exact) mass is 480 g/mol. The highest BCUT2D eigenvalue weighted by molar-refractivity contribution is 7.18. The smallest absolute Gasteiger partial charge is 0.435 e. The normalized spacial score (nSPS) is 11.7. The van der Waals surface area contributed by atoms with Crippen molar-refractivity contribution in [2.45, 2.75) is 12.6 Å². The molecule has 1 N–H and O–H groups in total. The number of rotatable bonds is 5. The second kappa shape index (κ2) is 8.40. The predicted molar refractivity (Wildman–Crippen MR) is 114 cm³/mol. The summed E-state index contributed by atoms with van der Waals surface area (Å²) in [6, 6.07) is 14.4. The Kier molecular flexibility index (Phi) is 5.79. The first kappa shape index (κ1) is 22.0. The zero-order valence-corrected chi connectivity index (χ0v) is 17.6. The molecule has 32 heavy (non-hydrogen) atoms. The van der Waals surface area contributed by atoms with Gasteiger partial charge in [0.2, 0.25) is 0 Å². The Hall–Kier alpha value is -3.17. The number of para-hydroxylation sites is 1. The standard InChI is InChI=1S/C22H13ClF4N2O2S/c23-14-3-1-2-4-16(14)29-17(11-20(28-29)22(25,26)27)19-8-7-18(32-19)13-9-12(10-21(30)31)5-6-15(13)24/h1-9,11H,10H2,(H,30,31). The molecule has 0 bridgehead atoms. The van der Waals surface area contributed by atoms with E-state index < -0.39 is 23.7 Å². The van der Waals surface area contributed by atoms with Crippen LogP contribution in [0.4, 0.5) is 17.6 Å². The number of carboxylic acid groups (broad SMARTS) is 1. The molecule has 0 radical (unpaired) electrons. The van der Waals surface area contributed by atoms with Gasteiger partial charge in [0.15, 0.2) is 5.69 Å².